The van der Waals surface area contributed by atoms with Crippen LogP contribution in [-0.2, 0) is 10.2 Å². The van der Waals surface area contributed by atoms with Gasteiger partial charge in [0.15, 0.2) is 6.10 Å². The molecule has 1 aliphatic rings. The van der Waals surface area contributed by atoms with E-state index in [9.17, 15) is 4.39 Å². The van der Waals surface area contributed by atoms with Gasteiger partial charge in [-0.05, 0) is 61.7 Å². The molecule has 29 heavy (non-hydrogen) atoms. The quantitative estimate of drug-likeness (QED) is 0.611. The van der Waals surface area contributed by atoms with E-state index in [1.54, 1.807) is 19.2 Å². The fourth-order valence-corrected chi connectivity index (χ4v) is 3.62. The molecule has 2 heterocycles. The maximum absolute atomic E-state index is 13.1. The second kappa shape index (κ2) is 8.21. The van der Waals surface area contributed by atoms with Crippen LogP contribution in [0.5, 0.6) is 11.5 Å². The summed E-state index contributed by atoms with van der Waals surface area (Å²) in [7, 11) is 1.64. The van der Waals surface area contributed by atoms with Gasteiger partial charge in [-0.25, -0.2) is 4.39 Å². The largest absolute Gasteiger partial charge is 0.497 e. The van der Waals surface area contributed by atoms with Crippen LogP contribution < -0.4 is 9.47 Å². The smallest absolute Gasteiger partial charge is 0.256 e. The van der Waals surface area contributed by atoms with Crippen molar-refractivity contribution in [3.05, 3.63) is 71.7 Å². The average molecular weight is 398 g/mol. The number of methoxy groups -OCH3 is 1. The van der Waals surface area contributed by atoms with Crippen molar-refractivity contribution < 1.29 is 23.0 Å². The third-order valence-electron chi connectivity index (χ3n) is 5.31. The summed E-state index contributed by atoms with van der Waals surface area (Å²) < 4.78 is 35.9. The molecule has 1 atom stereocenters. The van der Waals surface area contributed by atoms with Crippen molar-refractivity contribution in [2.75, 3.05) is 20.3 Å². The summed E-state index contributed by atoms with van der Waals surface area (Å²) in [6.07, 6.45) is 1.02. The fourth-order valence-electron chi connectivity index (χ4n) is 3.62. The lowest BCUT2D eigenvalue weighted by Gasteiger charge is -2.34. The molecule has 1 unspecified atom stereocenters. The number of hydrogen-bond donors (Lipinski definition) is 0. The van der Waals surface area contributed by atoms with Crippen LogP contribution in [0.25, 0.3) is 0 Å². The summed E-state index contributed by atoms with van der Waals surface area (Å²) in [5, 5.41) is 8.59. The van der Waals surface area contributed by atoms with E-state index in [4.69, 9.17) is 18.6 Å². The first-order chi connectivity index (χ1) is 14.1. The van der Waals surface area contributed by atoms with Crippen LogP contribution in [0.3, 0.4) is 0 Å². The molecule has 3 aromatic rings. The van der Waals surface area contributed by atoms with E-state index in [-0.39, 0.29) is 5.82 Å². The average Bonchev–Trinajstić information content (AvgIpc) is 3.27. The summed E-state index contributed by atoms with van der Waals surface area (Å²) in [6, 6.07) is 13.8. The lowest BCUT2D eigenvalue weighted by Crippen LogP contribution is -2.35. The highest BCUT2D eigenvalue weighted by atomic mass is 19.1. The fraction of sp³-hybridized carbons (Fsp3) is 0.364. The Hall–Kier alpha value is -2.93. The van der Waals surface area contributed by atoms with E-state index < -0.39 is 11.5 Å². The normalized spacial score (nSPS) is 16.9. The number of hydrogen-bond acceptors (Lipinski definition) is 6. The Kier molecular flexibility index (Phi) is 5.49. The van der Waals surface area contributed by atoms with Gasteiger partial charge in [-0.1, -0.05) is 12.1 Å². The van der Waals surface area contributed by atoms with Crippen LogP contribution in [-0.4, -0.2) is 30.5 Å². The molecule has 1 saturated heterocycles. The van der Waals surface area contributed by atoms with Crippen LogP contribution in [0.1, 0.15) is 43.2 Å². The topological polar surface area (TPSA) is 66.6 Å². The van der Waals surface area contributed by atoms with Crippen molar-refractivity contribution in [2.45, 2.75) is 31.3 Å². The highest BCUT2D eigenvalue weighted by molar-refractivity contribution is 5.37. The van der Waals surface area contributed by atoms with Crippen LogP contribution in [0.15, 0.2) is 52.9 Å². The first-order valence-electron chi connectivity index (χ1n) is 9.59. The minimum Gasteiger partial charge on any atom is -0.497 e. The Morgan fingerprint density at radius 1 is 0.966 bits per heavy atom. The molecule has 0 bridgehead atoms. The summed E-state index contributed by atoms with van der Waals surface area (Å²) in [6.45, 7) is 3.06. The lowest BCUT2D eigenvalue weighted by atomic mass is 9.74. The van der Waals surface area contributed by atoms with E-state index in [2.05, 4.69) is 10.2 Å². The van der Waals surface area contributed by atoms with Crippen molar-refractivity contribution in [3.63, 3.8) is 0 Å². The summed E-state index contributed by atoms with van der Waals surface area (Å²) >= 11 is 0. The number of rotatable bonds is 6. The third-order valence-corrected chi connectivity index (χ3v) is 5.31. The van der Waals surface area contributed by atoms with Crippen LogP contribution in [0.4, 0.5) is 4.39 Å². The molecule has 1 aliphatic heterocycles. The van der Waals surface area contributed by atoms with Crippen molar-refractivity contribution in [2.24, 2.45) is 0 Å². The molecule has 6 nitrogen and oxygen atoms in total. The summed E-state index contributed by atoms with van der Waals surface area (Å²) in [5.74, 6) is 1.95. The van der Waals surface area contributed by atoms with Crippen molar-refractivity contribution in [1.29, 1.82) is 0 Å². The van der Waals surface area contributed by atoms with Crippen LogP contribution in [0, 0.1) is 5.82 Å². The van der Waals surface area contributed by atoms with Crippen LogP contribution >= 0.6 is 0 Å². The number of halogens is 1. The highest BCUT2D eigenvalue weighted by Gasteiger charge is 2.41. The Labute approximate surface area is 168 Å². The molecule has 0 aliphatic carbocycles. The van der Waals surface area contributed by atoms with Crippen LogP contribution in [0.2, 0.25) is 0 Å². The molecule has 0 spiro atoms. The van der Waals surface area contributed by atoms with Crippen molar-refractivity contribution in [3.8, 4) is 11.5 Å². The molecule has 7 heteroatoms. The van der Waals surface area contributed by atoms with Gasteiger partial charge in [0.05, 0.1) is 12.5 Å². The molecule has 0 N–H and O–H groups in total. The van der Waals surface area contributed by atoms with Gasteiger partial charge in [-0.3, -0.25) is 0 Å². The first kappa shape index (κ1) is 19.4. The molecular formula is C22H23FN2O4. The maximum atomic E-state index is 13.1. The van der Waals surface area contributed by atoms with Crippen molar-refractivity contribution in [1.82, 2.24) is 10.2 Å². The second-order valence-corrected chi connectivity index (χ2v) is 7.08. The van der Waals surface area contributed by atoms with Gasteiger partial charge in [0.1, 0.15) is 17.3 Å². The first-order valence-corrected chi connectivity index (χ1v) is 9.59. The zero-order valence-electron chi connectivity index (χ0n) is 16.4. The molecule has 4 rings (SSSR count). The number of aromatic nitrogens is 2. The molecule has 0 radical (unpaired) electrons. The van der Waals surface area contributed by atoms with E-state index in [0.717, 1.165) is 24.2 Å². The van der Waals surface area contributed by atoms with Gasteiger partial charge < -0.3 is 18.6 Å². The Balaban J connectivity index is 1.60. The molecule has 0 amide bonds. The predicted octanol–water partition coefficient (Wildman–Crippen LogP) is 4.45. The SMILES string of the molecule is COc1ccc(C2(c3nnc(C(C)Oc4ccc(F)cc4)o3)CCOCC2)cc1. The Bertz CT molecular complexity index is 934. The van der Waals surface area contributed by atoms with E-state index >= 15 is 0 Å². The molecule has 1 fully saturated rings. The summed E-state index contributed by atoms with van der Waals surface area (Å²) in [4.78, 5) is 0. The third kappa shape index (κ3) is 3.96. The molecular weight excluding hydrogens is 375 g/mol. The number of nitrogens with zero attached hydrogens (tertiary/aromatic N) is 2. The van der Waals surface area contributed by atoms with Gasteiger partial charge in [0, 0.05) is 13.2 Å². The molecule has 1 aromatic heterocycles. The molecule has 2 aromatic carbocycles. The minimum atomic E-state index is -0.463. The highest BCUT2D eigenvalue weighted by Crippen LogP contribution is 2.41. The van der Waals surface area contributed by atoms with Gasteiger partial charge in [-0.15, -0.1) is 10.2 Å². The van der Waals surface area contributed by atoms with Gasteiger partial charge in [0.25, 0.3) is 5.89 Å². The Morgan fingerprint density at radius 2 is 1.62 bits per heavy atom. The van der Waals surface area contributed by atoms with E-state index in [1.807, 2.05) is 31.2 Å². The molecule has 0 saturated carbocycles. The zero-order chi connectivity index (χ0) is 20.3. The number of benzene rings is 2. The minimum absolute atomic E-state index is 0.314. The maximum Gasteiger partial charge on any atom is 0.256 e. The lowest BCUT2D eigenvalue weighted by molar-refractivity contribution is 0.0530. The second-order valence-electron chi connectivity index (χ2n) is 7.08. The summed E-state index contributed by atoms with van der Waals surface area (Å²) in [5.41, 5.74) is 0.676. The van der Waals surface area contributed by atoms with E-state index in [0.29, 0.717) is 30.7 Å². The van der Waals surface area contributed by atoms with Gasteiger partial charge in [0.2, 0.25) is 5.89 Å². The standard InChI is InChI=1S/C22H23FN2O4/c1-15(28-19-9-5-17(23)6-10-19)20-24-25-21(29-20)22(11-13-27-14-12-22)16-3-7-18(26-2)8-4-16/h3-10,15H,11-14H2,1-2H3. The van der Waals surface area contributed by atoms with Gasteiger partial charge >= 0.3 is 0 Å². The Morgan fingerprint density at radius 3 is 2.28 bits per heavy atom. The van der Waals surface area contributed by atoms with E-state index in [1.165, 1.54) is 12.1 Å². The van der Waals surface area contributed by atoms with Gasteiger partial charge in [-0.2, -0.15) is 0 Å². The molecule has 152 valence electrons. The zero-order valence-corrected chi connectivity index (χ0v) is 16.4. The predicted molar refractivity (Wildman–Crippen MR) is 104 cm³/mol. The van der Waals surface area contributed by atoms with Crippen molar-refractivity contribution >= 4 is 0 Å². The monoisotopic (exact) mass is 398 g/mol. The number of ether oxygens (including phenoxy) is 3.